The molecule has 0 atom stereocenters. The van der Waals surface area contributed by atoms with Crippen LogP contribution in [-0.4, -0.2) is 24.2 Å². The molecule has 1 rings (SSSR count). The molecule has 12 heavy (non-hydrogen) atoms. The van der Waals surface area contributed by atoms with Crippen LogP contribution in [0.15, 0.2) is 12.3 Å². The number of halogens is 3. The van der Waals surface area contributed by atoms with Crippen molar-refractivity contribution in [1.29, 1.82) is 0 Å². The Kier molecular flexibility index (Phi) is 2.65. The van der Waals surface area contributed by atoms with Gasteiger partial charge < -0.3 is 4.90 Å². The fourth-order valence-electron chi connectivity index (χ4n) is 1.34. The van der Waals surface area contributed by atoms with Gasteiger partial charge in [-0.1, -0.05) is 6.58 Å². The summed E-state index contributed by atoms with van der Waals surface area (Å²) in [5.74, 6) is 0. The first-order chi connectivity index (χ1) is 5.52. The maximum Gasteiger partial charge on any atom is 0.430 e. The molecule has 1 fully saturated rings. The van der Waals surface area contributed by atoms with Gasteiger partial charge in [-0.15, -0.1) is 0 Å². The summed E-state index contributed by atoms with van der Waals surface area (Å²) in [4.78, 5) is 1.32. The van der Waals surface area contributed by atoms with Crippen LogP contribution in [0.1, 0.15) is 19.3 Å². The number of hydrogen-bond donors (Lipinski definition) is 0. The lowest BCUT2D eigenvalue weighted by atomic mass is 10.1. The van der Waals surface area contributed by atoms with E-state index in [1.54, 1.807) is 0 Å². The minimum Gasteiger partial charge on any atom is -0.368 e. The van der Waals surface area contributed by atoms with Gasteiger partial charge in [0.2, 0.25) is 0 Å². The third-order valence-electron chi connectivity index (χ3n) is 2.07. The summed E-state index contributed by atoms with van der Waals surface area (Å²) in [6.07, 6.45) is -1.54. The van der Waals surface area contributed by atoms with Crippen molar-refractivity contribution in [2.24, 2.45) is 0 Å². The Balaban J connectivity index is 2.51. The summed E-state index contributed by atoms with van der Waals surface area (Å²) in [5, 5.41) is 0. The van der Waals surface area contributed by atoms with Gasteiger partial charge in [-0.3, -0.25) is 0 Å². The van der Waals surface area contributed by atoms with Crippen molar-refractivity contribution in [2.75, 3.05) is 13.1 Å². The molecule has 70 valence electrons. The second kappa shape index (κ2) is 3.37. The standard InChI is InChI=1S/C8H12F3N/c1-7(8(9,10)11)12-5-3-2-4-6-12/h1-6H2. The van der Waals surface area contributed by atoms with E-state index in [1.807, 2.05) is 0 Å². The van der Waals surface area contributed by atoms with Gasteiger partial charge in [0.05, 0.1) is 0 Å². The molecule has 1 saturated heterocycles. The van der Waals surface area contributed by atoms with Crippen molar-refractivity contribution in [3.63, 3.8) is 0 Å². The van der Waals surface area contributed by atoms with E-state index in [0.717, 1.165) is 19.3 Å². The zero-order valence-electron chi connectivity index (χ0n) is 6.82. The van der Waals surface area contributed by atoms with E-state index >= 15 is 0 Å². The van der Waals surface area contributed by atoms with Crippen molar-refractivity contribution in [2.45, 2.75) is 25.4 Å². The first-order valence-electron chi connectivity index (χ1n) is 4.03. The Hall–Kier alpha value is -0.670. The van der Waals surface area contributed by atoms with Gasteiger partial charge in [0.1, 0.15) is 5.70 Å². The number of rotatable bonds is 1. The van der Waals surface area contributed by atoms with Crippen molar-refractivity contribution in [3.8, 4) is 0 Å². The molecule has 0 radical (unpaired) electrons. The highest BCUT2D eigenvalue weighted by Gasteiger charge is 2.35. The van der Waals surface area contributed by atoms with Crippen molar-refractivity contribution < 1.29 is 13.2 Å². The van der Waals surface area contributed by atoms with Crippen LogP contribution in [-0.2, 0) is 0 Å². The lowest BCUT2D eigenvalue weighted by Gasteiger charge is -2.31. The van der Waals surface area contributed by atoms with Crippen LogP contribution in [0.5, 0.6) is 0 Å². The molecule has 0 amide bonds. The molecular weight excluding hydrogens is 167 g/mol. The Morgan fingerprint density at radius 3 is 2.00 bits per heavy atom. The third-order valence-corrected chi connectivity index (χ3v) is 2.07. The van der Waals surface area contributed by atoms with Crippen molar-refractivity contribution in [1.82, 2.24) is 4.90 Å². The van der Waals surface area contributed by atoms with Gasteiger partial charge in [0, 0.05) is 13.1 Å². The predicted octanol–water partition coefficient (Wildman–Crippen LogP) is 2.55. The van der Waals surface area contributed by atoms with E-state index in [1.165, 1.54) is 4.90 Å². The molecule has 1 aliphatic heterocycles. The number of likely N-dealkylation sites (tertiary alicyclic amines) is 1. The summed E-state index contributed by atoms with van der Waals surface area (Å²) in [7, 11) is 0. The van der Waals surface area contributed by atoms with Gasteiger partial charge in [0.25, 0.3) is 0 Å². The largest absolute Gasteiger partial charge is 0.430 e. The number of hydrogen-bond acceptors (Lipinski definition) is 1. The second-order valence-electron chi connectivity index (χ2n) is 2.99. The normalized spacial score (nSPS) is 19.4. The fraction of sp³-hybridized carbons (Fsp3) is 0.750. The third kappa shape index (κ3) is 2.16. The number of piperidine rings is 1. The Morgan fingerprint density at radius 2 is 1.58 bits per heavy atom. The molecule has 0 unspecified atom stereocenters. The molecule has 0 aromatic rings. The maximum absolute atomic E-state index is 12.1. The van der Waals surface area contributed by atoms with Gasteiger partial charge in [-0.05, 0) is 19.3 Å². The van der Waals surface area contributed by atoms with E-state index in [-0.39, 0.29) is 0 Å². The molecular formula is C8H12F3N. The van der Waals surface area contributed by atoms with Crippen LogP contribution in [0, 0.1) is 0 Å². The zero-order valence-corrected chi connectivity index (χ0v) is 6.82. The maximum atomic E-state index is 12.1. The topological polar surface area (TPSA) is 3.24 Å². The highest BCUT2D eigenvalue weighted by Crippen LogP contribution is 2.28. The van der Waals surface area contributed by atoms with Crippen LogP contribution in [0.2, 0.25) is 0 Å². The smallest absolute Gasteiger partial charge is 0.368 e. The van der Waals surface area contributed by atoms with Gasteiger partial charge in [0.15, 0.2) is 0 Å². The molecule has 1 aliphatic rings. The molecule has 1 nitrogen and oxygen atoms in total. The van der Waals surface area contributed by atoms with Crippen LogP contribution < -0.4 is 0 Å². The van der Waals surface area contributed by atoms with E-state index in [4.69, 9.17) is 0 Å². The van der Waals surface area contributed by atoms with Crippen LogP contribution >= 0.6 is 0 Å². The van der Waals surface area contributed by atoms with Crippen molar-refractivity contribution >= 4 is 0 Å². The second-order valence-corrected chi connectivity index (χ2v) is 2.99. The van der Waals surface area contributed by atoms with Crippen LogP contribution in [0.25, 0.3) is 0 Å². The summed E-state index contributed by atoms with van der Waals surface area (Å²) in [6, 6.07) is 0. The average molecular weight is 179 g/mol. The quantitative estimate of drug-likeness (QED) is 0.598. The zero-order chi connectivity index (χ0) is 9.19. The summed E-state index contributed by atoms with van der Waals surface area (Å²) in [6.45, 7) is 4.05. The van der Waals surface area contributed by atoms with Crippen molar-refractivity contribution in [3.05, 3.63) is 12.3 Å². The SMILES string of the molecule is C=C(N1CCCCC1)C(F)(F)F. The monoisotopic (exact) mass is 179 g/mol. The van der Waals surface area contributed by atoms with Crippen LogP contribution in [0.3, 0.4) is 0 Å². The van der Waals surface area contributed by atoms with Gasteiger partial charge >= 0.3 is 6.18 Å². The first kappa shape index (κ1) is 9.42. The molecule has 0 aliphatic carbocycles. The van der Waals surface area contributed by atoms with Gasteiger partial charge in [-0.25, -0.2) is 0 Å². The molecule has 0 aromatic heterocycles. The summed E-state index contributed by atoms with van der Waals surface area (Å²) < 4.78 is 36.3. The molecule has 0 N–H and O–H groups in total. The highest BCUT2D eigenvalue weighted by molar-refractivity contribution is 5.02. The number of allylic oxidation sites excluding steroid dienone is 1. The minimum atomic E-state index is -4.25. The molecule has 4 heteroatoms. The average Bonchev–Trinajstić information content (AvgIpc) is 2.03. The summed E-state index contributed by atoms with van der Waals surface area (Å²) >= 11 is 0. The molecule has 1 heterocycles. The van der Waals surface area contributed by atoms with Gasteiger partial charge in [-0.2, -0.15) is 13.2 Å². The molecule has 0 bridgehead atoms. The minimum absolute atomic E-state index is 0.498. The highest BCUT2D eigenvalue weighted by atomic mass is 19.4. The number of nitrogens with zero attached hydrogens (tertiary/aromatic N) is 1. The lowest BCUT2D eigenvalue weighted by Crippen LogP contribution is -2.35. The Labute approximate surface area is 69.9 Å². The van der Waals surface area contributed by atoms with E-state index in [9.17, 15) is 13.2 Å². The molecule has 0 aromatic carbocycles. The van der Waals surface area contributed by atoms with E-state index < -0.39 is 11.9 Å². The Morgan fingerprint density at radius 1 is 1.08 bits per heavy atom. The van der Waals surface area contributed by atoms with Crippen LogP contribution in [0.4, 0.5) is 13.2 Å². The number of alkyl halides is 3. The van der Waals surface area contributed by atoms with E-state index in [0.29, 0.717) is 13.1 Å². The molecule has 0 spiro atoms. The molecule has 0 saturated carbocycles. The lowest BCUT2D eigenvalue weighted by molar-refractivity contribution is -0.112. The predicted molar refractivity (Wildman–Crippen MR) is 40.6 cm³/mol. The fourth-order valence-corrected chi connectivity index (χ4v) is 1.34. The Bertz CT molecular complexity index is 168. The summed E-state index contributed by atoms with van der Waals surface area (Å²) in [5.41, 5.74) is -0.692. The first-order valence-corrected chi connectivity index (χ1v) is 4.03. The van der Waals surface area contributed by atoms with E-state index in [2.05, 4.69) is 6.58 Å².